The molecule has 0 heterocycles. The first kappa shape index (κ1) is 14.0. The molecule has 0 amide bonds. The topological polar surface area (TPSA) is 59.6 Å². The van der Waals surface area contributed by atoms with Gasteiger partial charge in [0.15, 0.2) is 0 Å². The zero-order valence-corrected chi connectivity index (χ0v) is 11.7. The molecule has 0 radical (unpaired) electrons. The molecule has 1 N–H and O–H groups in total. The van der Waals surface area contributed by atoms with E-state index in [9.17, 15) is 0 Å². The molecule has 0 spiro atoms. The van der Waals surface area contributed by atoms with E-state index in [1.165, 1.54) is 4.90 Å². The van der Waals surface area contributed by atoms with Gasteiger partial charge >= 0.3 is 0 Å². The lowest BCUT2D eigenvalue weighted by Gasteiger charge is -2.07. The zero-order chi connectivity index (χ0) is 14.2. The monoisotopic (exact) mass is 279 g/mol. The van der Waals surface area contributed by atoms with Crippen LogP contribution in [0.25, 0.3) is 0 Å². The molecule has 0 aromatic heterocycles. The molecule has 20 heavy (non-hydrogen) atoms. The zero-order valence-electron chi connectivity index (χ0n) is 10.8. The quantitative estimate of drug-likeness (QED) is 0.670. The van der Waals surface area contributed by atoms with Crippen LogP contribution in [0.2, 0.25) is 0 Å². The van der Waals surface area contributed by atoms with Gasteiger partial charge in [-0.3, -0.25) is 0 Å². The summed E-state index contributed by atoms with van der Waals surface area (Å²) < 4.78 is 0. The molecule has 0 unspecified atom stereocenters. The summed E-state index contributed by atoms with van der Waals surface area (Å²) in [6.45, 7) is 0.802. The molecule has 0 fully saturated rings. The van der Waals surface area contributed by atoms with Crippen molar-refractivity contribution in [3.8, 4) is 12.1 Å². The van der Waals surface area contributed by atoms with E-state index < -0.39 is 0 Å². The third-order valence-electron chi connectivity index (χ3n) is 2.70. The fourth-order valence-corrected chi connectivity index (χ4v) is 2.51. The average molecular weight is 279 g/mol. The van der Waals surface area contributed by atoms with Crippen molar-refractivity contribution in [1.82, 2.24) is 0 Å². The summed E-state index contributed by atoms with van der Waals surface area (Å²) >= 11 is 1.78. The van der Waals surface area contributed by atoms with Gasteiger partial charge in [0.1, 0.15) is 12.1 Å². The number of nitriles is 2. The Morgan fingerprint density at radius 3 is 2.40 bits per heavy atom. The van der Waals surface area contributed by atoms with Crippen LogP contribution in [0.5, 0.6) is 0 Å². The van der Waals surface area contributed by atoms with Gasteiger partial charge in [-0.2, -0.15) is 10.5 Å². The van der Waals surface area contributed by atoms with E-state index in [1.807, 2.05) is 36.4 Å². The van der Waals surface area contributed by atoms with Crippen molar-refractivity contribution >= 4 is 17.4 Å². The standard InChI is InChI=1S/C16H13N3S/c17-11-13-6-7-15(10-14(13)12-18)19-8-9-20-16-4-2-1-3-5-16/h1-7,10,19H,8-9H2. The van der Waals surface area contributed by atoms with Crippen LogP contribution in [0.15, 0.2) is 53.4 Å². The smallest absolute Gasteiger partial charge is 0.101 e. The average Bonchev–Trinajstić information content (AvgIpc) is 2.52. The summed E-state index contributed by atoms with van der Waals surface area (Å²) in [5, 5.41) is 21.1. The van der Waals surface area contributed by atoms with E-state index in [1.54, 1.807) is 23.9 Å². The summed E-state index contributed by atoms with van der Waals surface area (Å²) in [6, 6.07) is 19.5. The highest BCUT2D eigenvalue weighted by atomic mass is 32.2. The molecule has 3 nitrogen and oxygen atoms in total. The second-order valence-corrected chi connectivity index (χ2v) is 5.24. The van der Waals surface area contributed by atoms with E-state index in [4.69, 9.17) is 10.5 Å². The van der Waals surface area contributed by atoms with E-state index in [0.29, 0.717) is 11.1 Å². The van der Waals surface area contributed by atoms with E-state index in [2.05, 4.69) is 17.4 Å². The Kier molecular flexibility index (Phi) is 5.06. The predicted octanol–water partition coefficient (Wildman–Crippen LogP) is 3.63. The van der Waals surface area contributed by atoms with Crippen LogP contribution in [-0.2, 0) is 0 Å². The minimum Gasteiger partial charge on any atom is -0.384 e. The van der Waals surface area contributed by atoms with Gasteiger partial charge in [-0.1, -0.05) is 18.2 Å². The van der Waals surface area contributed by atoms with Gasteiger partial charge in [0.2, 0.25) is 0 Å². The summed E-state index contributed by atoms with van der Waals surface area (Å²) in [5.74, 6) is 0.936. The number of nitrogens with zero attached hydrogens (tertiary/aromatic N) is 2. The Balaban J connectivity index is 1.86. The molecule has 2 aromatic carbocycles. The van der Waals surface area contributed by atoms with Crippen LogP contribution >= 0.6 is 11.8 Å². The fourth-order valence-electron chi connectivity index (χ4n) is 1.73. The largest absolute Gasteiger partial charge is 0.384 e. The summed E-state index contributed by atoms with van der Waals surface area (Å²) in [7, 11) is 0. The maximum absolute atomic E-state index is 8.96. The minimum absolute atomic E-state index is 0.410. The number of hydrogen-bond donors (Lipinski definition) is 1. The molecule has 4 heteroatoms. The second kappa shape index (κ2) is 7.23. The van der Waals surface area contributed by atoms with Crippen LogP contribution < -0.4 is 5.32 Å². The van der Waals surface area contributed by atoms with Gasteiger partial charge in [0, 0.05) is 22.9 Å². The minimum atomic E-state index is 0.410. The van der Waals surface area contributed by atoms with E-state index in [-0.39, 0.29) is 0 Å². The van der Waals surface area contributed by atoms with Gasteiger partial charge in [-0.25, -0.2) is 0 Å². The van der Waals surface area contributed by atoms with Crippen LogP contribution in [0.3, 0.4) is 0 Å². The molecular formula is C16H13N3S. The molecule has 0 aliphatic rings. The van der Waals surface area contributed by atoms with Gasteiger partial charge in [-0.05, 0) is 30.3 Å². The normalized spacial score (nSPS) is 9.50. The Bertz CT molecular complexity index is 654. The van der Waals surface area contributed by atoms with Crippen LogP contribution in [-0.4, -0.2) is 12.3 Å². The van der Waals surface area contributed by atoms with Crippen LogP contribution in [0, 0.1) is 22.7 Å². The van der Waals surface area contributed by atoms with Crippen molar-refractivity contribution in [2.24, 2.45) is 0 Å². The van der Waals surface area contributed by atoms with Gasteiger partial charge < -0.3 is 5.32 Å². The molecule has 0 bridgehead atoms. The van der Waals surface area contributed by atoms with Crippen molar-refractivity contribution in [2.75, 3.05) is 17.6 Å². The van der Waals surface area contributed by atoms with Crippen molar-refractivity contribution in [1.29, 1.82) is 10.5 Å². The number of rotatable bonds is 5. The van der Waals surface area contributed by atoms with Gasteiger partial charge in [0.05, 0.1) is 11.1 Å². The van der Waals surface area contributed by atoms with Crippen molar-refractivity contribution in [2.45, 2.75) is 4.90 Å². The molecule has 0 atom stereocenters. The lowest BCUT2D eigenvalue weighted by molar-refractivity contribution is 1.22. The maximum Gasteiger partial charge on any atom is 0.101 e. The highest BCUT2D eigenvalue weighted by molar-refractivity contribution is 7.99. The number of anilines is 1. The third kappa shape index (κ3) is 3.78. The first-order valence-electron chi connectivity index (χ1n) is 6.19. The van der Waals surface area contributed by atoms with Crippen LogP contribution in [0.4, 0.5) is 5.69 Å². The van der Waals surface area contributed by atoms with Gasteiger partial charge in [-0.15, -0.1) is 11.8 Å². The molecule has 2 rings (SSSR count). The van der Waals surface area contributed by atoms with Gasteiger partial charge in [0.25, 0.3) is 0 Å². The molecule has 0 saturated carbocycles. The number of thioether (sulfide) groups is 1. The van der Waals surface area contributed by atoms with Crippen LogP contribution in [0.1, 0.15) is 11.1 Å². The molecule has 2 aromatic rings. The third-order valence-corrected chi connectivity index (χ3v) is 3.72. The molecule has 0 aliphatic carbocycles. The molecule has 0 aliphatic heterocycles. The lowest BCUT2D eigenvalue weighted by Crippen LogP contribution is -2.04. The fraction of sp³-hybridized carbons (Fsp3) is 0.125. The van der Waals surface area contributed by atoms with Crippen molar-refractivity contribution in [3.05, 3.63) is 59.7 Å². The number of nitrogens with one attached hydrogen (secondary N) is 1. The Morgan fingerprint density at radius 2 is 1.70 bits per heavy atom. The number of hydrogen-bond acceptors (Lipinski definition) is 4. The van der Waals surface area contributed by atoms with Crippen molar-refractivity contribution < 1.29 is 0 Å². The van der Waals surface area contributed by atoms with Crippen molar-refractivity contribution in [3.63, 3.8) is 0 Å². The second-order valence-electron chi connectivity index (χ2n) is 4.07. The SMILES string of the molecule is N#Cc1ccc(NCCSc2ccccc2)cc1C#N. The lowest BCUT2D eigenvalue weighted by atomic mass is 10.1. The summed E-state index contributed by atoms with van der Waals surface area (Å²) in [6.07, 6.45) is 0. The summed E-state index contributed by atoms with van der Waals surface area (Å²) in [5.41, 5.74) is 1.69. The van der Waals surface area contributed by atoms with E-state index in [0.717, 1.165) is 18.0 Å². The first-order chi connectivity index (χ1) is 9.83. The Hall–Kier alpha value is -2.43. The molecule has 98 valence electrons. The predicted molar refractivity (Wildman–Crippen MR) is 81.5 cm³/mol. The first-order valence-corrected chi connectivity index (χ1v) is 7.18. The highest BCUT2D eigenvalue weighted by Crippen LogP contribution is 2.18. The summed E-state index contributed by atoms with van der Waals surface area (Å²) in [4.78, 5) is 1.24. The highest BCUT2D eigenvalue weighted by Gasteiger charge is 2.02. The molecule has 0 saturated heterocycles. The number of benzene rings is 2. The molecular weight excluding hydrogens is 266 g/mol. The Morgan fingerprint density at radius 1 is 0.950 bits per heavy atom. The maximum atomic E-state index is 8.96. The Labute approximate surface area is 122 Å². The van der Waals surface area contributed by atoms with E-state index >= 15 is 0 Å².